The first-order valence-corrected chi connectivity index (χ1v) is 11.6. The average Bonchev–Trinajstić information content (AvgIpc) is 2.68. The van der Waals surface area contributed by atoms with Crippen LogP contribution in [0, 0.1) is 0 Å². The fourth-order valence-corrected chi connectivity index (χ4v) is 5.04. The first-order valence-electron chi connectivity index (χ1n) is 8.83. The Bertz CT molecular complexity index is 741. The van der Waals surface area contributed by atoms with E-state index in [0.29, 0.717) is 37.1 Å². The number of hydrogen-bond acceptors (Lipinski definition) is 6. The zero-order chi connectivity index (χ0) is 19.7. The van der Waals surface area contributed by atoms with Crippen LogP contribution in [0.3, 0.4) is 0 Å². The van der Waals surface area contributed by atoms with E-state index in [1.54, 1.807) is 42.4 Å². The Hall–Kier alpha value is -0.920. The summed E-state index contributed by atoms with van der Waals surface area (Å²) in [6.07, 6.45) is 0. The minimum Gasteiger partial charge on any atom is -0.493 e. The van der Waals surface area contributed by atoms with Gasteiger partial charge in [0.25, 0.3) is 0 Å². The van der Waals surface area contributed by atoms with Crippen LogP contribution in [-0.4, -0.2) is 76.3 Å². The van der Waals surface area contributed by atoms with Crippen molar-refractivity contribution in [2.75, 3.05) is 63.0 Å². The number of ether oxygens (including phenoxy) is 2. The van der Waals surface area contributed by atoms with E-state index in [4.69, 9.17) is 9.47 Å². The lowest BCUT2D eigenvalue weighted by Crippen LogP contribution is -2.40. The van der Waals surface area contributed by atoms with Gasteiger partial charge in [-0.3, -0.25) is 4.99 Å². The van der Waals surface area contributed by atoms with Crippen molar-refractivity contribution < 1.29 is 17.9 Å². The lowest BCUT2D eigenvalue weighted by molar-refractivity contribution is 0.355. The number of methoxy groups -OCH3 is 2. The summed E-state index contributed by atoms with van der Waals surface area (Å²) in [7, 11) is -0.110. The van der Waals surface area contributed by atoms with Gasteiger partial charge in [-0.15, -0.1) is 24.0 Å². The maximum Gasteiger partial charge on any atom is 0.215 e. The van der Waals surface area contributed by atoms with E-state index in [1.165, 1.54) is 0 Å². The number of hydrogen-bond donors (Lipinski definition) is 2. The molecule has 0 saturated carbocycles. The predicted molar refractivity (Wildman–Crippen MR) is 127 cm³/mol. The fraction of sp³-hybridized carbons (Fsp3) is 0.588. The lowest BCUT2D eigenvalue weighted by atomic mass is 10.3. The number of thioether (sulfide) groups is 1. The Morgan fingerprint density at radius 1 is 1.21 bits per heavy atom. The standard InChI is InChI=1S/C17H28N4O4S2.HI/c1-4-18-17(20-14-5-6-15(24-2)16(13-14)25-3)19-7-12-27(22,23)21-8-10-26-11-9-21;/h5-6,13H,4,7-12H2,1-3H3,(H2,18,19,20);1H. The first-order chi connectivity index (χ1) is 13.0. The van der Waals surface area contributed by atoms with Crippen LogP contribution in [0.4, 0.5) is 5.69 Å². The van der Waals surface area contributed by atoms with Crippen LogP contribution in [0.25, 0.3) is 0 Å². The van der Waals surface area contributed by atoms with Crippen molar-refractivity contribution in [3.63, 3.8) is 0 Å². The van der Waals surface area contributed by atoms with Crippen LogP contribution in [0.5, 0.6) is 11.5 Å². The van der Waals surface area contributed by atoms with Crippen molar-refractivity contribution in [2.24, 2.45) is 4.99 Å². The van der Waals surface area contributed by atoms with Crippen molar-refractivity contribution in [3.05, 3.63) is 18.2 Å². The molecular weight excluding hydrogens is 515 g/mol. The molecule has 0 atom stereocenters. The van der Waals surface area contributed by atoms with E-state index in [0.717, 1.165) is 17.2 Å². The van der Waals surface area contributed by atoms with E-state index < -0.39 is 10.0 Å². The second-order valence-electron chi connectivity index (χ2n) is 5.78. The largest absolute Gasteiger partial charge is 0.493 e. The van der Waals surface area contributed by atoms with E-state index in [2.05, 4.69) is 15.6 Å². The summed E-state index contributed by atoms with van der Waals surface area (Å²) in [4.78, 5) is 4.40. The van der Waals surface area contributed by atoms with Crippen molar-refractivity contribution in [1.29, 1.82) is 0 Å². The summed E-state index contributed by atoms with van der Waals surface area (Å²) in [5.41, 5.74) is 0.767. The number of anilines is 1. The molecule has 1 saturated heterocycles. The van der Waals surface area contributed by atoms with Gasteiger partial charge in [-0.1, -0.05) is 0 Å². The molecule has 0 unspecified atom stereocenters. The van der Waals surface area contributed by atoms with Gasteiger partial charge >= 0.3 is 0 Å². The summed E-state index contributed by atoms with van der Waals surface area (Å²) in [5.74, 6) is 3.46. The molecule has 0 bridgehead atoms. The normalized spacial score (nSPS) is 15.5. The van der Waals surface area contributed by atoms with Gasteiger partial charge in [0.2, 0.25) is 10.0 Å². The summed E-state index contributed by atoms with van der Waals surface area (Å²) in [6.45, 7) is 3.97. The molecular formula is C17H29IN4O4S2. The lowest BCUT2D eigenvalue weighted by Gasteiger charge is -2.25. The topological polar surface area (TPSA) is 92.3 Å². The molecule has 0 spiro atoms. The molecule has 0 amide bonds. The molecule has 0 radical (unpaired) electrons. The number of sulfonamides is 1. The first kappa shape index (κ1) is 25.1. The number of nitrogens with zero attached hydrogens (tertiary/aromatic N) is 2. The van der Waals surface area contributed by atoms with Crippen LogP contribution >= 0.6 is 35.7 Å². The molecule has 8 nitrogen and oxygen atoms in total. The zero-order valence-electron chi connectivity index (χ0n) is 16.4. The van der Waals surface area contributed by atoms with Gasteiger partial charge in [-0.25, -0.2) is 12.7 Å². The molecule has 1 aliphatic rings. The predicted octanol–water partition coefficient (Wildman–Crippen LogP) is 2.08. The zero-order valence-corrected chi connectivity index (χ0v) is 20.4. The van der Waals surface area contributed by atoms with Crippen molar-refractivity contribution in [3.8, 4) is 11.5 Å². The average molecular weight is 544 g/mol. The minimum absolute atomic E-state index is 0. The molecule has 1 heterocycles. The van der Waals surface area contributed by atoms with Gasteiger partial charge in [0, 0.05) is 42.9 Å². The van der Waals surface area contributed by atoms with Crippen molar-refractivity contribution in [2.45, 2.75) is 6.92 Å². The molecule has 28 heavy (non-hydrogen) atoms. The Kier molecular flexibility index (Phi) is 11.3. The van der Waals surface area contributed by atoms with Crippen LogP contribution < -0.4 is 20.1 Å². The summed E-state index contributed by atoms with van der Waals surface area (Å²) >= 11 is 1.78. The molecule has 11 heteroatoms. The maximum absolute atomic E-state index is 12.4. The van der Waals surface area contributed by atoms with Gasteiger partial charge in [0.15, 0.2) is 17.5 Å². The summed E-state index contributed by atoms with van der Waals surface area (Å²) in [6, 6.07) is 5.44. The van der Waals surface area contributed by atoms with E-state index in [-0.39, 0.29) is 36.3 Å². The fourth-order valence-electron chi connectivity index (χ4n) is 2.58. The molecule has 1 aliphatic heterocycles. The molecule has 160 valence electrons. The van der Waals surface area contributed by atoms with Crippen LogP contribution in [0.1, 0.15) is 6.92 Å². The molecule has 1 aromatic rings. The SMILES string of the molecule is CCNC(=NCCS(=O)(=O)N1CCSCC1)Nc1ccc(OC)c(OC)c1.I. The van der Waals surface area contributed by atoms with Crippen LogP contribution in [-0.2, 0) is 10.0 Å². The minimum atomic E-state index is -3.27. The van der Waals surface area contributed by atoms with Crippen LogP contribution in [0.2, 0.25) is 0 Å². The number of benzene rings is 1. The van der Waals surface area contributed by atoms with E-state index >= 15 is 0 Å². The summed E-state index contributed by atoms with van der Waals surface area (Å²) < 4.78 is 36.9. The molecule has 1 aromatic carbocycles. The Labute approximate surface area is 188 Å². The third-order valence-corrected chi connectivity index (χ3v) is 6.77. The van der Waals surface area contributed by atoms with Crippen LogP contribution in [0.15, 0.2) is 23.2 Å². The highest BCUT2D eigenvalue weighted by Crippen LogP contribution is 2.29. The maximum atomic E-state index is 12.4. The molecule has 2 rings (SSSR count). The molecule has 1 fully saturated rings. The third-order valence-electron chi connectivity index (χ3n) is 3.97. The number of aliphatic imine (C=N–C) groups is 1. The highest BCUT2D eigenvalue weighted by atomic mass is 127. The van der Waals surface area contributed by atoms with Gasteiger partial charge in [-0.05, 0) is 19.1 Å². The van der Waals surface area contributed by atoms with Gasteiger partial charge in [0.05, 0.1) is 26.5 Å². The number of rotatable bonds is 8. The monoisotopic (exact) mass is 544 g/mol. The second-order valence-corrected chi connectivity index (χ2v) is 9.10. The Morgan fingerprint density at radius 3 is 2.50 bits per heavy atom. The highest BCUT2D eigenvalue weighted by molar-refractivity contribution is 14.0. The van der Waals surface area contributed by atoms with Gasteiger partial charge in [0.1, 0.15) is 0 Å². The smallest absolute Gasteiger partial charge is 0.215 e. The second kappa shape index (κ2) is 12.6. The molecule has 2 N–H and O–H groups in total. The van der Waals surface area contributed by atoms with Gasteiger partial charge < -0.3 is 20.1 Å². The third kappa shape index (κ3) is 7.48. The number of nitrogens with one attached hydrogen (secondary N) is 2. The van der Waals surface area contributed by atoms with Crippen molar-refractivity contribution >= 4 is 57.4 Å². The Balaban J connectivity index is 0.00000392. The quantitative estimate of drug-likeness (QED) is 0.294. The molecule has 0 aliphatic carbocycles. The number of halogens is 1. The Morgan fingerprint density at radius 2 is 1.89 bits per heavy atom. The highest BCUT2D eigenvalue weighted by Gasteiger charge is 2.23. The van der Waals surface area contributed by atoms with Gasteiger partial charge in [-0.2, -0.15) is 11.8 Å². The summed E-state index contributed by atoms with van der Waals surface area (Å²) in [5, 5.41) is 6.28. The molecule has 0 aromatic heterocycles. The van der Waals surface area contributed by atoms with E-state index in [9.17, 15) is 8.42 Å². The van der Waals surface area contributed by atoms with Crippen molar-refractivity contribution in [1.82, 2.24) is 9.62 Å². The number of guanidine groups is 1. The van der Waals surface area contributed by atoms with E-state index in [1.807, 2.05) is 13.0 Å².